The van der Waals surface area contributed by atoms with Crippen molar-refractivity contribution in [2.75, 3.05) is 0 Å². The quantitative estimate of drug-likeness (QED) is 0.169. The number of aryl methyl sites for hydroxylation is 1. The zero-order valence-corrected chi connectivity index (χ0v) is 35.1. The highest BCUT2D eigenvalue weighted by molar-refractivity contribution is 7.19. The van der Waals surface area contributed by atoms with Crippen molar-refractivity contribution in [3.63, 3.8) is 0 Å². The van der Waals surface area contributed by atoms with Crippen LogP contribution in [0.15, 0.2) is 134 Å². The van der Waals surface area contributed by atoms with Gasteiger partial charge in [-0.1, -0.05) is 102 Å². The Hall–Kier alpha value is -6.11. The number of hydrogen-bond acceptors (Lipinski definition) is 4. The molecule has 0 bridgehead atoms. The largest absolute Gasteiger partial charge is 0.276 e. The molecule has 0 unspecified atom stereocenters. The Bertz CT molecular complexity index is 3200. The van der Waals surface area contributed by atoms with Gasteiger partial charge in [0, 0.05) is 32.9 Å². The number of para-hydroxylation sites is 2. The van der Waals surface area contributed by atoms with Gasteiger partial charge in [-0.05, 0) is 135 Å². The summed E-state index contributed by atoms with van der Waals surface area (Å²) in [5.41, 5.74) is 14.1. The lowest BCUT2D eigenvalue weighted by molar-refractivity contribution is 0.411. The summed E-state index contributed by atoms with van der Waals surface area (Å²) in [6.07, 6.45) is 5.91. The van der Waals surface area contributed by atoms with Gasteiger partial charge in [0.15, 0.2) is 0 Å². The lowest BCUT2D eigenvalue weighted by atomic mass is 9.87. The van der Waals surface area contributed by atoms with Crippen molar-refractivity contribution >= 4 is 60.0 Å². The summed E-state index contributed by atoms with van der Waals surface area (Å²) in [5, 5.41) is 3.73. The molecule has 0 aliphatic heterocycles. The highest BCUT2D eigenvalue weighted by atomic mass is 32.1. The Labute approximate surface area is 343 Å². The summed E-state index contributed by atoms with van der Waals surface area (Å²) in [4.78, 5) is 16.5. The van der Waals surface area contributed by atoms with Crippen molar-refractivity contribution in [1.82, 2.24) is 23.9 Å². The molecule has 0 spiro atoms. The Morgan fingerprint density at radius 2 is 1.31 bits per heavy atom. The van der Waals surface area contributed by atoms with Gasteiger partial charge in [0.05, 0.1) is 27.8 Å². The van der Waals surface area contributed by atoms with Gasteiger partial charge in [-0.15, -0.1) is 11.3 Å². The Kier molecular flexibility index (Phi) is 8.43. The Morgan fingerprint density at radius 1 is 0.552 bits per heavy atom. The van der Waals surface area contributed by atoms with Crippen molar-refractivity contribution in [3.05, 3.63) is 150 Å². The van der Waals surface area contributed by atoms with Crippen LogP contribution < -0.4 is 0 Å². The molecule has 0 saturated carbocycles. The minimum absolute atomic E-state index is 0.149. The van der Waals surface area contributed by atoms with E-state index in [-0.39, 0.29) is 10.8 Å². The minimum atomic E-state index is 0.149. The summed E-state index contributed by atoms with van der Waals surface area (Å²) in [6, 6.07) is 44.5. The fourth-order valence-electron chi connectivity index (χ4n) is 8.81. The minimum Gasteiger partial charge on any atom is -0.276 e. The average molecular weight is 774 g/mol. The van der Waals surface area contributed by atoms with E-state index >= 15 is 0 Å². The van der Waals surface area contributed by atoms with Gasteiger partial charge in [-0.3, -0.25) is 14.0 Å². The molecule has 0 amide bonds. The molecule has 0 radical (unpaired) electrons. The lowest BCUT2D eigenvalue weighted by Crippen LogP contribution is -2.10. The third-order valence-electron chi connectivity index (χ3n) is 11.1. The van der Waals surface area contributed by atoms with Crippen LogP contribution in [0.4, 0.5) is 0 Å². The van der Waals surface area contributed by atoms with Gasteiger partial charge in [-0.2, -0.15) is 0 Å². The topological polar surface area (TPSA) is 48.0 Å². The molecule has 10 rings (SSSR count). The average Bonchev–Trinajstić information content (AvgIpc) is 3.86. The van der Waals surface area contributed by atoms with Gasteiger partial charge in [-0.25, -0.2) is 9.97 Å². The van der Waals surface area contributed by atoms with Gasteiger partial charge < -0.3 is 0 Å². The first kappa shape index (κ1) is 36.2. The first-order valence-corrected chi connectivity index (χ1v) is 21.1. The van der Waals surface area contributed by atoms with E-state index in [4.69, 9.17) is 15.0 Å². The number of fused-ring (bicyclic) bond motifs is 8. The second kappa shape index (κ2) is 13.5. The van der Waals surface area contributed by atoms with Gasteiger partial charge in [0.2, 0.25) is 5.78 Å². The lowest BCUT2D eigenvalue weighted by Gasteiger charge is -2.18. The zero-order chi connectivity index (χ0) is 39.9. The second-order valence-electron chi connectivity index (χ2n) is 18.3. The van der Waals surface area contributed by atoms with E-state index < -0.39 is 0 Å². The normalized spacial score (nSPS) is 12.5. The van der Waals surface area contributed by atoms with Crippen LogP contribution in [-0.2, 0) is 12.8 Å². The summed E-state index contributed by atoms with van der Waals surface area (Å²) >= 11 is 1.85. The van der Waals surface area contributed by atoms with Crippen molar-refractivity contribution in [1.29, 1.82) is 0 Å². The van der Waals surface area contributed by atoms with Crippen LogP contribution in [-0.4, -0.2) is 23.9 Å². The summed E-state index contributed by atoms with van der Waals surface area (Å²) < 4.78 is 5.79. The van der Waals surface area contributed by atoms with Crippen molar-refractivity contribution in [2.24, 2.45) is 10.8 Å². The maximum Gasteiger partial charge on any atom is 0.221 e. The molecule has 286 valence electrons. The Morgan fingerprint density at radius 3 is 2.12 bits per heavy atom. The first-order valence-electron chi connectivity index (χ1n) is 20.3. The molecule has 5 aromatic carbocycles. The highest BCUT2D eigenvalue weighted by Gasteiger charge is 2.22. The van der Waals surface area contributed by atoms with Crippen LogP contribution in [0.25, 0.3) is 88.0 Å². The van der Waals surface area contributed by atoms with Crippen LogP contribution in [0.5, 0.6) is 0 Å². The van der Waals surface area contributed by atoms with Gasteiger partial charge in [0.1, 0.15) is 5.82 Å². The van der Waals surface area contributed by atoms with E-state index in [0.717, 1.165) is 63.3 Å². The molecule has 5 aromatic heterocycles. The van der Waals surface area contributed by atoms with Crippen LogP contribution in [0.2, 0.25) is 0 Å². The number of pyridine rings is 2. The molecule has 0 aliphatic rings. The van der Waals surface area contributed by atoms with Crippen LogP contribution in [0, 0.1) is 17.8 Å². The fraction of sp³-hybridized carbons (Fsp3) is 0.212. The van der Waals surface area contributed by atoms with Crippen LogP contribution in [0.1, 0.15) is 57.5 Å². The van der Waals surface area contributed by atoms with E-state index in [1.54, 1.807) is 0 Å². The number of aromatic nitrogens is 5. The number of hydrogen-bond donors (Lipinski definition) is 0. The second-order valence-corrected chi connectivity index (χ2v) is 19.6. The van der Waals surface area contributed by atoms with Crippen LogP contribution in [0.3, 0.4) is 0 Å². The van der Waals surface area contributed by atoms with Crippen molar-refractivity contribution < 1.29 is 0 Å². The SMILES string of the molecule is Cc1cc2c(s1)c(-c1cc(-c3ccc(CC(C)(C)C)cc3)ccn1)cc1c(-c3ccc4c(c3)n(-c3cc(CC(C)(C)C)ccn3)c3nc5ccccc5n43)cccc12. The van der Waals surface area contributed by atoms with Crippen molar-refractivity contribution in [3.8, 4) is 39.3 Å². The molecule has 5 nitrogen and oxygen atoms in total. The third-order valence-corrected chi connectivity index (χ3v) is 12.2. The number of rotatable bonds is 6. The Balaban J connectivity index is 1.16. The number of thiophene rings is 1. The van der Waals surface area contributed by atoms with E-state index in [0.29, 0.717) is 0 Å². The fourth-order valence-corrected chi connectivity index (χ4v) is 9.86. The third kappa shape index (κ3) is 6.46. The number of imidazole rings is 2. The summed E-state index contributed by atoms with van der Waals surface area (Å²) in [5.74, 6) is 1.74. The number of benzene rings is 5. The maximum absolute atomic E-state index is 5.19. The molecule has 0 N–H and O–H groups in total. The predicted molar refractivity (Wildman–Crippen MR) is 245 cm³/mol. The van der Waals surface area contributed by atoms with E-state index in [1.807, 2.05) is 23.7 Å². The predicted octanol–water partition coefficient (Wildman–Crippen LogP) is 14.1. The molecule has 0 atom stereocenters. The monoisotopic (exact) mass is 773 g/mol. The van der Waals surface area contributed by atoms with Crippen LogP contribution >= 0.6 is 11.3 Å². The smallest absolute Gasteiger partial charge is 0.221 e. The molecule has 0 fully saturated rings. The summed E-state index contributed by atoms with van der Waals surface area (Å²) in [6.45, 7) is 15.9. The molecule has 6 heteroatoms. The van der Waals surface area contributed by atoms with Gasteiger partial charge >= 0.3 is 0 Å². The van der Waals surface area contributed by atoms with E-state index in [2.05, 4.69) is 179 Å². The van der Waals surface area contributed by atoms with E-state index in [1.165, 1.54) is 53.6 Å². The zero-order valence-electron chi connectivity index (χ0n) is 34.3. The number of nitrogens with zero attached hydrogens (tertiary/aromatic N) is 5. The molecule has 58 heavy (non-hydrogen) atoms. The van der Waals surface area contributed by atoms with Gasteiger partial charge in [0.25, 0.3) is 0 Å². The molecular formula is C52H47N5S. The standard InChI is InChI=1S/C52H47N5S/c1-32-25-41-39-12-10-11-38(40(39)29-42(49(41)58-32)44-27-36(22-24-53-44)35-17-15-33(16-18-35)30-51(2,3)4)37-19-20-46-47(28-37)57(48-26-34(21-23-54-48)31-52(5,6)7)50-55-43-13-8-9-14-45(43)56(46)50/h8-29H,30-31H2,1-7H3. The molecule has 10 aromatic rings. The van der Waals surface area contributed by atoms with Crippen molar-refractivity contribution in [2.45, 2.75) is 61.3 Å². The highest BCUT2D eigenvalue weighted by Crippen LogP contribution is 2.43. The molecule has 0 aliphatic carbocycles. The molecule has 5 heterocycles. The van der Waals surface area contributed by atoms with E-state index in [9.17, 15) is 0 Å². The maximum atomic E-state index is 5.19. The molecular weight excluding hydrogens is 727 g/mol. The molecule has 0 saturated heterocycles. The first-order chi connectivity index (χ1) is 27.9. The summed E-state index contributed by atoms with van der Waals surface area (Å²) in [7, 11) is 0.